The average molecular weight is 542 g/mol. The van der Waals surface area contributed by atoms with Crippen molar-refractivity contribution in [2.75, 3.05) is 29.0 Å². The van der Waals surface area contributed by atoms with Gasteiger partial charge in [-0.2, -0.15) is 4.31 Å². The number of amides is 1. The summed E-state index contributed by atoms with van der Waals surface area (Å²) in [5, 5.41) is 2.78. The Bertz CT molecular complexity index is 1470. The average Bonchev–Trinajstić information content (AvgIpc) is 3.39. The van der Waals surface area contributed by atoms with Crippen LogP contribution in [0.4, 0.5) is 11.4 Å². The fourth-order valence-electron chi connectivity index (χ4n) is 4.48. The lowest BCUT2D eigenvalue weighted by atomic mass is 10.1. The number of hydrogen-bond acceptors (Lipinski definition) is 5. The first kappa shape index (κ1) is 26.8. The second-order valence-electron chi connectivity index (χ2n) is 9.30. The molecule has 0 spiro atoms. The van der Waals surface area contributed by atoms with Crippen LogP contribution in [0.15, 0.2) is 71.6 Å². The van der Waals surface area contributed by atoms with E-state index in [-0.39, 0.29) is 17.3 Å². The molecule has 3 aromatic carbocycles. The lowest BCUT2D eigenvalue weighted by Gasteiger charge is -2.26. The highest BCUT2D eigenvalue weighted by Crippen LogP contribution is 2.28. The minimum absolute atomic E-state index is 0.138. The predicted molar refractivity (Wildman–Crippen MR) is 146 cm³/mol. The van der Waals surface area contributed by atoms with Crippen molar-refractivity contribution in [1.29, 1.82) is 0 Å². The van der Waals surface area contributed by atoms with Gasteiger partial charge in [0.1, 0.15) is 0 Å². The molecule has 196 valence electrons. The van der Waals surface area contributed by atoms with E-state index in [1.54, 1.807) is 36.4 Å². The summed E-state index contributed by atoms with van der Waals surface area (Å²) in [5.41, 5.74) is 3.99. The number of nitrogens with zero attached hydrogens (tertiary/aromatic N) is 2. The zero-order valence-corrected chi connectivity index (χ0v) is 22.8. The first-order valence-electron chi connectivity index (χ1n) is 12.0. The van der Waals surface area contributed by atoms with Crippen LogP contribution in [0.25, 0.3) is 0 Å². The third-order valence-corrected chi connectivity index (χ3v) is 9.47. The van der Waals surface area contributed by atoms with E-state index in [9.17, 15) is 21.6 Å². The summed E-state index contributed by atoms with van der Waals surface area (Å²) in [6.07, 6.45) is 2.91. The van der Waals surface area contributed by atoms with Crippen LogP contribution in [0.5, 0.6) is 0 Å². The van der Waals surface area contributed by atoms with Crippen molar-refractivity contribution in [3.05, 3.63) is 89.0 Å². The molecular weight excluding hydrogens is 510 g/mol. The number of sulfonamides is 2. The number of hydrogen-bond donors (Lipinski definition) is 1. The molecule has 37 heavy (non-hydrogen) atoms. The van der Waals surface area contributed by atoms with Gasteiger partial charge in [0.25, 0.3) is 5.91 Å². The molecule has 1 heterocycles. The lowest BCUT2D eigenvalue weighted by Crippen LogP contribution is -2.30. The van der Waals surface area contributed by atoms with Crippen LogP contribution >= 0.6 is 0 Å². The van der Waals surface area contributed by atoms with E-state index < -0.39 is 20.0 Å². The van der Waals surface area contributed by atoms with E-state index >= 15 is 0 Å². The second-order valence-corrected chi connectivity index (χ2v) is 13.1. The van der Waals surface area contributed by atoms with Gasteiger partial charge in [-0.15, -0.1) is 0 Å². The van der Waals surface area contributed by atoms with Crippen LogP contribution in [0, 0.1) is 13.8 Å². The summed E-state index contributed by atoms with van der Waals surface area (Å²) < 4.78 is 53.4. The number of carbonyl (C=O) groups is 1. The van der Waals surface area contributed by atoms with E-state index in [1.807, 2.05) is 32.0 Å². The zero-order valence-electron chi connectivity index (χ0n) is 21.1. The number of benzene rings is 3. The van der Waals surface area contributed by atoms with Crippen molar-refractivity contribution < 1.29 is 21.6 Å². The van der Waals surface area contributed by atoms with Gasteiger partial charge in [-0.3, -0.25) is 9.10 Å². The number of nitrogens with one attached hydrogen (secondary N) is 1. The van der Waals surface area contributed by atoms with Crippen molar-refractivity contribution >= 4 is 37.3 Å². The highest BCUT2D eigenvalue weighted by molar-refractivity contribution is 7.92. The lowest BCUT2D eigenvalue weighted by molar-refractivity contribution is 0.102. The molecular formula is C27H31N3O5S2. The van der Waals surface area contributed by atoms with E-state index in [1.165, 1.54) is 27.0 Å². The summed E-state index contributed by atoms with van der Waals surface area (Å²) in [5.74, 6) is -0.351. The maximum Gasteiger partial charge on any atom is 0.255 e. The molecule has 3 aromatic rings. The van der Waals surface area contributed by atoms with Crippen LogP contribution in [0.2, 0.25) is 0 Å². The Kier molecular flexibility index (Phi) is 7.72. The molecule has 1 N–H and O–H groups in total. The van der Waals surface area contributed by atoms with Crippen LogP contribution in [0.3, 0.4) is 0 Å². The van der Waals surface area contributed by atoms with Crippen LogP contribution in [-0.2, 0) is 26.6 Å². The number of para-hydroxylation sites is 1. The van der Waals surface area contributed by atoms with Crippen molar-refractivity contribution in [1.82, 2.24) is 4.31 Å². The molecule has 0 atom stereocenters. The van der Waals surface area contributed by atoms with Gasteiger partial charge in [-0.1, -0.05) is 30.3 Å². The monoisotopic (exact) mass is 541 g/mol. The first-order valence-corrected chi connectivity index (χ1v) is 15.3. The van der Waals surface area contributed by atoms with Gasteiger partial charge in [0.15, 0.2) is 0 Å². The normalized spacial score (nSPS) is 14.5. The Hall–Kier alpha value is -3.21. The van der Waals surface area contributed by atoms with Gasteiger partial charge in [0, 0.05) is 24.3 Å². The van der Waals surface area contributed by atoms with Crippen molar-refractivity contribution in [3.8, 4) is 0 Å². The predicted octanol–water partition coefficient (Wildman–Crippen LogP) is 4.31. The SMILES string of the molecule is Cc1cccc(C)c1N(Cc1ccc(C(=O)Nc2ccc(S(=O)(=O)N3CCCC3)cc2)cc1)S(C)(=O)=O. The number of carbonyl (C=O) groups excluding carboxylic acids is 1. The molecule has 0 aliphatic carbocycles. The molecule has 8 nitrogen and oxygen atoms in total. The van der Waals surface area contributed by atoms with Crippen LogP contribution in [-0.4, -0.2) is 46.4 Å². The van der Waals surface area contributed by atoms with Gasteiger partial charge in [-0.05, 0) is 79.8 Å². The van der Waals surface area contributed by atoms with Gasteiger partial charge >= 0.3 is 0 Å². The molecule has 1 aliphatic heterocycles. The van der Waals surface area contributed by atoms with E-state index in [4.69, 9.17) is 0 Å². The van der Waals surface area contributed by atoms with Crippen molar-refractivity contribution in [3.63, 3.8) is 0 Å². The third kappa shape index (κ3) is 6.03. The van der Waals surface area contributed by atoms with Gasteiger partial charge in [0.05, 0.1) is 23.4 Å². The van der Waals surface area contributed by atoms with Crippen LogP contribution in [0.1, 0.15) is 39.9 Å². The molecule has 1 saturated heterocycles. The Morgan fingerprint density at radius 2 is 1.43 bits per heavy atom. The Labute approximate surface area is 219 Å². The Morgan fingerprint density at radius 1 is 0.865 bits per heavy atom. The molecule has 0 unspecified atom stereocenters. The molecule has 0 saturated carbocycles. The summed E-state index contributed by atoms with van der Waals surface area (Å²) in [4.78, 5) is 13.0. The minimum atomic E-state index is -3.54. The molecule has 0 aromatic heterocycles. The topological polar surface area (TPSA) is 104 Å². The molecule has 1 aliphatic rings. The largest absolute Gasteiger partial charge is 0.322 e. The van der Waals surface area contributed by atoms with E-state index in [0.29, 0.717) is 30.0 Å². The van der Waals surface area contributed by atoms with E-state index in [0.717, 1.165) is 29.5 Å². The molecule has 4 rings (SSSR count). The van der Waals surface area contributed by atoms with Crippen LogP contribution < -0.4 is 9.62 Å². The maximum atomic E-state index is 12.8. The zero-order chi connectivity index (χ0) is 26.8. The fourth-order valence-corrected chi connectivity index (χ4v) is 7.00. The van der Waals surface area contributed by atoms with Gasteiger partial charge < -0.3 is 5.32 Å². The van der Waals surface area contributed by atoms with Crippen molar-refractivity contribution in [2.45, 2.75) is 38.1 Å². The maximum absolute atomic E-state index is 12.8. The Morgan fingerprint density at radius 3 is 1.97 bits per heavy atom. The summed E-state index contributed by atoms with van der Waals surface area (Å²) in [6, 6.07) is 18.5. The van der Waals surface area contributed by atoms with E-state index in [2.05, 4.69) is 5.32 Å². The van der Waals surface area contributed by atoms with Gasteiger partial charge in [-0.25, -0.2) is 16.8 Å². The molecule has 0 bridgehead atoms. The van der Waals surface area contributed by atoms with Gasteiger partial charge in [0.2, 0.25) is 20.0 Å². The molecule has 1 fully saturated rings. The minimum Gasteiger partial charge on any atom is -0.322 e. The first-order chi connectivity index (χ1) is 17.5. The smallest absolute Gasteiger partial charge is 0.255 e. The summed E-state index contributed by atoms with van der Waals surface area (Å²) in [7, 11) is -7.05. The molecule has 1 amide bonds. The van der Waals surface area contributed by atoms with Crippen molar-refractivity contribution in [2.24, 2.45) is 0 Å². The standard InChI is InChI=1S/C27H31N3O5S2/c1-20-7-6-8-21(2)26(20)30(36(3,32)33)19-22-9-11-23(12-10-22)27(31)28-24-13-15-25(16-14-24)37(34,35)29-17-4-5-18-29/h6-16H,4-5,17-19H2,1-3H3,(H,28,31). The molecule has 10 heteroatoms. The quantitative estimate of drug-likeness (QED) is 0.458. The fraction of sp³-hybridized carbons (Fsp3) is 0.296. The molecule has 0 radical (unpaired) electrons. The number of aryl methyl sites for hydroxylation is 2. The number of anilines is 2. The Balaban J connectivity index is 1.46. The second kappa shape index (κ2) is 10.6. The summed E-state index contributed by atoms with van der Waals surface area (Å²) >= 11 is 0. The summed E-state index contributed by atoms with van der Waals surface area (Å²) in [6.45, 7) is 4.96. The highest BCUT2D eigenvalue weighted by Gasteiger charge is 2.27. The highest BCUT2D eigenvalue weighted by atomic mass is 32.2. The number of rotatable bonds is 8. The third-order valence-electron chi connectivity index (χ3n) is 6.45.